The van der Waals surface area contributed by atoms with Crippen molar-refractivity contribution < 1.29 is 9.53 Å². The van der Waals surface area contributed by atoms with Gasteiger partial charge in [0.2, 0.25) is 0 Å². The number of benzene rings is 1. The van der Waals surface area contributed by atoms with Gasteiger partial charge in [0.1, 0.15) is 5.75 Å². The minimum atomic E-state index is -0.241. The van der Waals surface area contributed by atoms with Gasteiger partial charge >= 0.3 is 0 Å². The maximum absolute atomic E-state index is 13.0. The van der Waals surface area contributed by atoms with E-state index in [1.807, 2.05) is 0 Å². The zero-order chi connectivity index (χ0) is 18.5. The van der Waals surface area contributed by atoms with E-state index in [4.69, 9.17) is 4.74 Å². The predicted molar refractivity (Wildman–Crippen MR) is 106 cm³/mol. The van der Waals surface area contributed by atoms with Crippen LogP contribution in [0.1, 0.15) is 61.3 Å². The Bertz CT molecular complexity index is 883. The average Bonchev–Trinajstić information content (AvgIpc) is 3.38. The van der Waals surface area contributed by atoms with Crippen LogP contribution in [0.25, 0.3) is 5.57 Å². The highest BCUT2D eigenvalue weighted by molar-refractivity contribution is 5.89. The summed E-state index contributed by atoms with van der Waals surface area (Å²) in [5.41, 5.74) is 6.42. The molecule has 2 saturated carbocycles. The Morgan fingerprint density at radius 2 is 2.19 bits per heavy atom. The van der Waals surface area contributed by atoms with Gasteiger partial charge in [-0.25, -0.2) is 0 Å². The van der Waals surface area contributed by atoms with Crippen molar-refractivity contribution >= 4 is 11.4 Å². The predicted octanol–water partition coefficient (Wildman–Crippen LogP) is 4.05. The van der Waals surface area contributed by atoms with Gasteiger partial charge < -0.3 is 4.74 Å². The van der Waals surface area contributed by atoms with Crippen molar-refractivity contribution in [3.05, 3.63) is 34.9 Å². The number of hydrogen-bond acceptors (Lipinski definition) is 3. The first-order valence-electron chi connectivity index (χ1n) is 10.8. The second kappa shape index (κ2) is 5.26. The second-order valence-corrected chi connectivity index (χ2v) is 9.81. The van der Waals surface area contributed by atoms with E-state index >= 15 is 0 Å². The number of nitrogens with zero attached hydrogens (tertiary/aromatic N) is 1. The van der Waals surface area contributed by atoms with E-state index < -0.39 is 0 Å². The summed E-state index contributed by atoms with van der Waals surface area (Å²) in [6.07, 6.45) is 6.49. The smallest absolute Gasteiger partial charge is 0.174 e. The Labute approximate surface area is 161 Å². The molecular formula is C24H29NO2. The fourth-order valence-electron chi connectivity index (χ4n) is 6.91. The molecule has 3 aliphatic carbocycles. The van der Waals surface area contributed by atoms with Crippen molar-refractivity contribution in [3.63, 3.8) is 0 Å². The zero-order valence-electron chi connectivity index (χ0n) is 16.5. The molecule has 2 aliphatic heterocycles. The molecule has 6 rings (SSSR count). The van der Waals surface area contributed by atoms with Gasteiger partial charge in [-0.2, -0.15) is 0 Å². The van der Waals surface area contributed by atoms with Gasteiger partial charge in [0.15, 0.2) is 11.9 Å². The summed E-state index contributed by atoms with van der Waals surface area (Å²) in [5.74, 6) is 2.85. The standard InChI is InChI=1S/C24H29NO2/c1-13(2)16-10-14(3)22-21-17(16)11-19-18-6-7-20(26)23(27-22)24(18,21)8-9-25(19)12-15-4-5-15/h10,15,18-19,23H,1,4-9,11-12H2,2-3H3. The lowest BCUT2D eigenvalue weighted by molar-refractivity contribution is -0.138. The third-order valence-electron chi connectivity index (χ3n) is 8.21. The van der Waals surface area contributed by atoms with Crippen LogP contribution in [-0.2, 0) is 16.6 Å². The number of carbonyl (C=O) groups excluding carboxylic acids is 1. The van der Waals surface area contributed by atoms with Crippen LogP contribution in [0.3, 0.4) is 0 Å². The van der Waals surface area contributed by atoms with Gasteiger partial charge in [-0.3, -0.25) is 9.69 Å². The van der Waals surface area contributed by atoms with Gasteiger partial charge in [-0.15, -0.1) is 0 Å². The molecule has 0 aromatic heterocycles. The first-order chi connectivity index (χ1) is 13.0. The topological polar surface area (TPSA) is 29.5 Å². The maximum atomic E-state index is 13.0. The number of allylic oxidation sites excluding steroid dienone is 1. The molecule has 1 aromatic rings. The number of likely N-dealkylation sites (tertiary alicyclic amines) is 1. The quantitative estimate of drug-likeness (QED) is 0.811. The molecular weight excluding hydrogens is 334 g/mol. The molecule has 27 heavy (non-hydrogen) atoms. The molecule has 5 aliphatic rings. The zero-order valence-corrected chi connectivity index (χ0v) is 16.5. The monoisotopic (exact) mass is 363 g/mol. The largest absolute Gasteiger partial charge is 0.481 e. The van der Waals surface area contributed by atoms with Crippen LogP contribution >= 0.6 is 0 Å². The Kier molecular flexibility index (Phi) is 3.18. The summed E-state index contributed by atoms with van der Waals surface area (Å²) in [5, 5.41) is 0. The van der Waals surface area contributed by atoms with E-state index in [1.165, 1.54) is 41.6 Å². The van der Waals surface area contributed by atoms with Gasteiger partial charge in [0.05, 0.1) is 0 Å². The highest BCUT2D eigenvalue weighted by atomic mass is 16.5. The molecule has 2 bridgehead atoms. The number of Topliss-reactive ketones (excluding diaryl/α,β-unsaturated/α-hetero) is 1. The summed E-state index contributed by atoms with van der Waals surface area (Å²) >= 11 is 0. The van der Waals surface area contributed by atoms with Crippen LogP contribution in [0, 0.1) is 18.8 Å². The van der Waals surface area contributed by atoms with E-state index in [9.17, 15) is 4.79 Å². The van der Waals surface area contributed by atoms with E-state index in [-0.39, 0.29) is 11.5 Å². The van der Waals surface area contributed by atoms with E-state index in [2.05, 4.69) is 31.4 Å². The Balaban J connectivity index is 1.58. The molecule has 3 heteroatoms. The van der Waals surface area contributed by atoms with Crippen LogP contribution in [-0.4, -0.2) is 35.9 Å². The number of rotatable bonds is 3. The third kappa shape index (κ3) is 1.99. The Hall–Kier alpha value is -1.61. The van der Waals surface area contributed by atoms with Gasteiger partial charge in [-0.05, 0) is 87.1 Å². The molecule has 4 unspecified atom stereocenters. The summed E-state index contributed by atoms with van der Waals surface area (Å²) in [4.78, 5) is 15.7. The number of carbonyl (C=O) groups is 1. The third-order valence-corrected chi connectivity index (χ3v) is 8.21. The second-order valence-electron chi connectivity index (χ2n) is 9.81. The van der Waals surface area contributed by atoms with Gasteiger partial charge in [-0.1, -0.05) is 12.2 Å². The van der Waals surface area contributed by atoms with Gasteiger partial charge in [0, 0.05) is 30.0 Å². The number of ether oxygens (including phenoxy) is 1. The SMILES string of the molecule is C=C(C)c1cc(C)c2c3c1CC1C4CCC(=O)C(O2)C34CCN1CC1CC1. The first-order valence-corrected chi connectivity index (χ1v) is 10.8. The normalized spacial score (nSPS) is 36.4. The summed E-state index contributed by atoms with van der Waals surface area (Å²) < 4.78 is 6.49. The lowest BCUT2D eigenvalue weighted by Gasteiger charge is -2.58. The van der Waals surface area contributed by atoms with Crippen LogP contribution in [0.4, 0.5) is 0 Å². The Morgan fingerprint density at radius 3 is 2.93 bits per heavy atom. The number of hydrogen-bond donors (Lipinski definition) is 0. The van der Waals surface area contributed by atoms with Crippen LogP contribution in [0.15, 0.2) is 12.6 Å². The van der Waals surface area contributed by atoms with E-state index in [1.54, 1.807) is 0 Å². The summed E-state index contributed by atoms with van der Waals surface area (Å²) in [6.45, 7) is 10.9. The Morgan fingerprint density at radius 1 is 1.37 bits per heavy atom. The molecule has 142 valence electrons. The van der Waals surface area contributed by atoms with Crippen LogP contribution in [0.5, 0.6) is 5.75 Å². The minimum Gasteiger partial charge on any atom is -0.481 e. The molecule has 0 radical (unpaired) electrons. The molecule has 1 saturated heterocycles. The first kappa shape index (κ1) is 16.4. The lowest BCUT2D eigenvalue weighted by Crippen LogP contribution is -2.66. The van der Waals surface area contributed by atoms with E-state index in [0.717, 1.165) is 43.0 Å². The molecule has 1 aromatic carbocycles. The molecule has 4 atom stereocenters. The van der Waals surface area contributed by atoms with Crippen molar-refractivity contribution in [1.82, 2.24) is 4.90 Å². The van der Waals surface area contributed by atoms with Crippen molar-refractivity contribution in [2.24, 2.45) is 11.8 Å². The molecule has 3 fully saturated rings. The van der Waals surface area contributed by atoms with E-state index in [0.29, 0.717) is 24.2 Å². The van der Waals surface area contributed by atoms with Crippen molar-refractivity contribution in [3.8, 4) is 5.75 Å². The molecule has 3 nitrogen and oxygen atoms in total. The van der Waals surface area contributed by atoms with Crippen molar-refractivity contribution in [1.29, 1.82) is 0 Å². The van der Waals surface area contributed by atoms with Crippen molar-refractivity contribution in [2.75, 3.05) is 13.1 Å². The highest BCUT2D eigenvalue weighted by Gasteiger charge is 2.66. The minimum absolute atomic E-state index is 0.0703. The molecule has 0 amide bonds. The fourth-order valence-corrected chi connectivity index (χ4v) is 6.91. The average molecular weight is 364 g/mol. The summed E-state index contributed by atoms with van der Waals surface area (Å²) in [7, 11) is 0. The lowest BCUT2D eigenvalue weighted by atomic mass is 9.51. The highest BCUT2D eigenvalue weighted by Crippen LogP contribution is 2.63. The molecule has 0 N–H and O–H groups in total. The molecule has 2 heterocycles. The van der Waals surface area contributed by atoms with Gasteiger partial charge in [0.25, 0.3) is 0 Å². The number of ketones is 1. The number of aryl methyl sites for hydroxylation is 1. The summed E-state index contributed by atoms with van der Waals surface area (Å²) in [6, 6.07) is 2.83. The molecule has 1 spiro atoms. The number of piperidine rings is 1. The van der Waals surface area contributed by atoms with Crippen molar-refractivity contribution in [2.45, 2.75) is 69.9 Å². The van der Waals surface area contributed by atoms with Crippen LogP contribution in [0.2, 0.25) is 0 Å². The van der Waals surface area contributed by atoms with Crippen LogP contribution < -0.4 is 4.74 Å². The maximum Gasteiger partial charge on any atom is 0.174 e. The fraction of sp³-hybridized carbons (Fsp3) is 0.625.